The Labute approximate surface area is 201 Å². The molecular weight excluding hydrogens is 448 g/mol. The van der Waals surface area contributed by atoms with Crippen molar-refractivity contribution in [1.82, 2.24) is 24.7 Å². The van der Waals surface area contributed by atoms with Gasteiger partial charge in [0.2, 0.25) is 0 Å². The second kappa shape index (κ2) is 8.57. The topological polar surface area (TPSA) is 106 Å². The fourth-order valence-electron chi connectivity index (χ4n) is 4.38. The number of hydrogen-bond donors (Lipinski definition) is 1. The van der Waals surface area contributed by atoms with Crippen molar-refractivity contribution >= 4 is 23.0 Å². The van der Waals surface area contributed by atoms with E-state index < -0.39 is 17.9 Å². The van der Waals surface area contributed by atoms with Gasteiger partial charge in [0, 0.05) is 34.0 Å². The molecule has 0 saturated carbocycles. The molecule has 34 heavy (non-hydrogen) atoms. The van der Waals surface area contributed by atoms with Crippen molar-refractivity contribution < 1.29 is 9.90 Å². The summed E-state index contributed by atoms with van der Waals surface area (Å²) in [7, 11) is 0. The van der Waals surface area contributed by atoms with Gasteiger partial charge in [0.15, 0.2) is 11.6 Å². The minimum atomic E-state index is -0.891. The lowest BCUT2D eigenvalue weighted by Gasteiger charge is -2.18. The standard InChI is InChI=1S/C25H24N6O2S/c1-5-18(25(32)33)21-23-30-29-15(4)31(23)24-19(13(2)14(3)34-24)20(28-21)16-7-9-17(10-8-16)22-26-11-6-12-27-22/h6-12,18,21H,5H2,1-4H3,(H,32,33)/t18-,21?/m0/s1. The third-order valence-electron chi connectivity index (χ3n) is 6.31. The van der Waals surface area contributed by atoms with Crippen molar-refractivity contribution in [2.75, 3.05) is 0 Å². The second-order valence-electron chi connectivity index (χ2n) is 8.33. The van der Waals surface area contributed by atoms with Crippen LogP contribution in [0.2, 0.25) is 0 Å². The SMILES string of the molecule is CC[C@H](C(=O)O)C1N=C(c2ccc(-c3ncccn3)cc2)c2c(sc(C)c2C)-n2c(C)nnc21. The first kappa shape index (κ1) is 22.1. The summed E-state index contributed by atoms with van der Waals surface area (Å²) in [5.74, 6) is 0.327. The van der Waals surface area contributed by atoms with Gasteiger partial charge < -0.3 is 5.11 Å². The number of fused-ring (bicyclic) bond motifs is 3. The van der Waals surface area contributed by atoms with Crippen molar-refractivity contribution in [3.63, 3.8) is 0 Å². The Morgan fingerprint density at radius 3 is 2.41 bits per heavy atom. The van der Waals surface area contributed by atoms with Crippen molar-refractivity contribution in [2.45, 2.75) is 40.2 Å². The van der Waals surface area contributed by atoms with E-state index >= 15 is 0 Å². The zero-order valence-electron chi connectivity index (χ0n) is 19.4. The summed E-state index contributed by atoms with van der Waals surface area (Å²) in [6, 6.07) is 9.07. The minimum Gasteiger partial charge on any atom is -0.481 e. The maximum absolute atomic E-state index is 12.2. The second-order valence-corrected chi connectivity index (χ2v) is 9.53. The van der Waals surface area contributed by atoms with Crippen LogP contribution in [0.15, 0.2) is 47.7 Å². The number of nitrogens with zero attached hydrogens (tertiary/aromatic N) is 6. The Morgan fingerprint density at radius 1 is 1.09 bits per heavy atom. The Hall–Kier alpha value is -3.72. The molecule has 0 radical (unpaired) electrons. The van der Waals surface area contributed by atoms with Crippen LogP contribution in [0.3, 0.4) is 0 Å². The smallest absolute Gasteiger partial charge is 0.309 e. The van der Waals surface area contributed by atoms with Crippen LogP contribution in [0.25, 0.3) is 16.4 Å². The number of rotatable bonds is 5. The molecule has 2 atom stereocenters. The number of thiophene rings is 1. The number of benzene rings is 1. The molecule has 0 aliphatic carbocycles. The number of hydrogen-bond acceptors (Lipinski definition) is 7. The number of aryl methyl sites for hydroxylation is 2. The fourth-order valence-corrected chi connectivity index (χ4v) is 5.59. The largest absolute Gasteiger partial charge is 0.481 e. The molecule has 1 N–H and O–H groups in total. The molecule has 0 bridgehead atoms. The molecule has 4 heterocycles. The van der Waals surface area contributed by atoms with Gasteiger partial charge in [-0.2, -0.15) is 0 Å². The van der Waals surface area contributed by atoms with Gasteiger partial charge in [-0.05, 0) is 38.8 Å². The lowest BCUT2D eigenvalue weighted by molar-refractivity contribution is -0.142. The first-order chi connectivity index (χ1) is 16.4. The van der Waals surface area contributed by atoms with Crippen molar-refractivity contribution in [2.24, 2.45) is 10.9 Å². The number of aliphatic imine (C=N–C) groups is 1. The van der Waals surface area contributed by atoms with Gasteiger partial charge in [0.1, 0.15) is 16.9 Å². The van der Waals surface area contributed by atoms with E-state index in [1.807, 2.05) is 42.7 Å². The molecule has 1 aliphatic heterocycles. The van der Waals surface area contributed by atoms with Crippen LogP contribution < -0.4 is 0 Å². The average molecular weight is 473 g/mol. The Morgan fingerprint density at radius 2 is 1.76 bits per heavy atom. The normalized spacial score (nSPS) is 15.8. The molecular formula is C25H24N6O2S. The Bertz CT molecular complexity index is 1410. The molecule has 9 heteroatoms. The van der Waals surface area contributed by atoms with E-state index in [2.05, 4.69) is 34.0 Å². The van der Waals surface area contributed by atoms with Crippen LogP contribution in [0.4, 0.5) is 0 Å². The van der Waals surface area contributed by atoms with E-state index in [0.29, 0.717) is 18.1 Å². The van der Waals surface area contributed by atoms with Crippen molar-refractivity contribution in [3.05, 3.63) is 75.9 Å². The van der Waals surface area contributed by atoms with Crippen molar-refractivity contribution in [3.8, 4) is 16.4 Å². The molecule has 5 rings (SSSR count). The highest BCUT2D eigenvalue weighted by molar-refractivity contribution is 7.15. The molecule has 0 amide bonds. The number of carbonyl (C=O) groups is 1. The van der Waals surface area contributed by atoms with E-state index in [-0.39, 0.29) is 0 Å². The molecule has 4 aromatic rings. The van der Waals surface area contributed by atoms with E-state index in [1.54, 1.807) is 29.8 Å². The summed E-state index contributed by atoms with van der Waals surface area (Å²) in [5, 5.41) is 19.7. The van der Waals surface area contributed by atoms with Gasteiger partial charge >= 0.3 is 5.97 Å². The quantitative estimate of drug-likeness (QED) is 0.451. The van der Waals surface area contributed by atoms with Crippen LogP contribution >= 0.6 is 11.3 Å². The van der Waals surface area contributed by atoms with Gasteiger partial charge in [-0.3, -0.25) is 14.4 Å². The highest BCUT2D eigenvalue weighted by atomic mass is 32.1. The van der Waals surface area contributed by atoms with E-state index in [4.69, 9.17) is 4.99 Å². The molecule has 0 saturated heterocycles. The summed E-state index contributed by atoms with van der Waals surface area (Å²) < 4.78 is 1.99. The number of carboxylic acid groups (broad SMARTS) is 1. The molecule has 1 unspecified atom stereocenters. The van der Waals surface area contributed by atoms with Crippen molar-refractivity contribution in [1.29, 1.82) is 0 Å². The lowest BCUT2D eigenvalue weighted by atomic mass is 9.95. The minimum absolute atomic E-state index is 0.429. The number of carboxylic acids is 1. The maximum atomic E-state index is 12.2. The van der Waals surface area contributed by atoms with E-state index in [1.165, 1.54) is 4.88 Å². The summed E-state index contributed by atoms with van der Waals surface area (Å²) in [5.41, 5.74) is 4.70. The van der Waals surface area contributed by atoms with Gasteiger partial charge in [0.25, 0.3) is 0 Å². The molecule has 0 spiro atoms. The average Bonchev–Trinajstić information content (AvgIpc) is 3.31. The summed E-state index contributed by atoms with van der Waals surface area (Å²) in [6.07, 6.45) is 3.86. The Balaban J connectivity index is 1.73. The third kappa shape index (κ3) is 3.52. The zero-order chi connectivity index (χ0) is 24.0. The van der Waals surface area contributed by atoms with Gasteiger partial charge in [-0.25, -0.2) is 9.97 Å². The summed E-state index contributed by atoms with van der Waals surface area (Å²) in [6.45, 7) is 7.93. The van der Waals surface area contributed by atoms with E-state index in [9.17, 15) is 9.90 Å². The Kier molecular flexibility index (Phi) is 5.57. The van der Waals surface area contributed by atoms with Crippen LogP contribution in [-0.2, 0) is 4.79 Å². The first-order valence-electron chi connectivity index (χ1n) is 11.1. The fraction of sp³-hybridized carbons (Fsp3) is 0.280. The van der Waals surface area contributed by atoms with Gasteiger partial charge in [0.05, 0.1) is 11.6 Å². The molecule has 8 nitrogen and oxygen atoms in total. The summed E-state index contributed by atoms with van der Waals surface area (Å²) >= 11 is 1.65. The molecule has 1 aliphatic rings. The highest BCUT2D eigenvalue weighted by Gasteiger charge is 2.37. The van der Waals surface area contributed by atoms with Crippen LogP contribution in [0.1, 0.15) is 52.6 Å². The molecule has 1 aromatic carbocycles. The van der Waals surface area contributed by atoms with E-state index in [0.717, 1.165) is 38.8 Å². The summed E-state index contributed by atoms with van der Waals surface area (Å²) in [4.78, 5) is 27.1. The van der Waals surface area contributed by atoms with Gasteiger partial charge in [-0.15, -0.1) is 21.5 Å². The zero-order valence-corrected chi connectivity index (χ0v) is 20.2. The highest BCUT2D eigenvalue weighted by Crippen LogP contribution is 2.41. The molecule has 3 aromatic heterocycles. The monoisotopic (exact) mass is 472 g/mol. The number of aliphatic carboxylic acids is 1. The van der Waals surface area contributed by atoms with Crippen LogP contribution in [0, 0.1) is 26.7 Å². The van der Waals surface area contributed by atoms with Gasteiger partial charge in [-0.1, -0.05) is 31.2 Å². The van der Waals surface area contributed by atoms with Crippen LogP contribution in [-0.4, -0.2) is 41.5 Å². The third-order valence-corrected chi connectivity index (χ3v) is 7.50. The first-order valence-corrected chi connectivity index (χ1v) is 11.9. The maximum Gasteiger partial charge on any atom is 0.309 e. The number of aromatic nitrogens is 5. The predicted octanol–water partition coefficient (Wildman–Crippen LogP) is 4.71. The van der Waals surface area contributed by atoms with Crippen LogP contribution in [0.5, 0.6) is 0 Å². The molecule has 172 valence electrons. The lowest BCUT2D eigenvalue weighted by Crippen LogP contribution is -2.23. The predicted molar refractivity (Wildman–Crippen MR) is 131 cm³/mol. The molecule has 0 fully saturated rings.